The van der Waals surface area contributed by atoms with Crippen LogP contribution in [0.15, 0.2) is 82.0 Å². The summed E-state index contributed by atoms with van der Waals surface area (Å²) in [6, 6.07) is 20.2. The number of hydrogen-bond acceptors (Lipinski definition) is 4. The van der Waals surface area contributed by atoms with E-state index >= 15 is 0 Å². The van der Waals surface area contributed by atoms with Crippen molar-refractivity contribution < 1.29 is 23.4 Å². The molecule has 0 aliphatic rings. The summed E-state index contributed by atoms with van der Waals surface area (Å²) >= 11 is 0. The Hall–Kier alpha value is -4.19. The molecule has 6 heteroatoms. The minimum atomic E-state index is -1.29. The van der Waals surface area contributed by atoms with Crippen LogP contribution in [0.25, 0.3) is 23.1 Å². The Morgan fingerprint density at radius 2 is 1.74 bits per heavy atom. The lowest BCUT2D eigenvalue weighted by atomic mass is 10.1. The number of ether oxygens (including phenoxy) is 1. The molecule has 0 unspecified atom stereocenters. The van der Waals surface area contributed by atoms with Crippen LogP contribution in [0.1, 0.15) is 40.1 Å². The van der Waals surface area contributed by atoms with Crippen molar-refractivity contribution in [2.45, 2.75) is 19.3 Å². The molecule has 4 aromatic rings. The zero-order valence-electron chi connectivity index (χ0n) is 18.4. The monoisotopic (exact) mass is 458 g/mol. The van der Waals surface area contributed by atoms with Gasteiger partial charge in [-0.25, -0.2) is 9.18 Å². The largest absolute Gasteiger partial charge is 0.494 e. The summed E-state index contributed by atoms with van der Waals surface area (Å²) in [5.41, 5.74) is 2.48. The van der Waals surface area contributed by atoms with E-state index in [0.717, 1.165) is 42.2 Å². The van der Waals surface area contributed by atoms with Crippen LogP contribution in [0, 0.1) is 5.82 Å². The van der Waals surface area contributed by atoms with Gasteiger partial charge in [-0.05, 0) is 60.7 Å². The van der Waals surface area contributed by atoms with Crippen molar-refractivity contribution in [1.29, 1.82) is 0 Å². The first-order chi connectivity index (χ1) is 16.5. The first-order valence-corrected chi connectivity index (χ1v) is 11.0. The fourth-order valence-electron chi connectivity index (χ4n) is 3.57. The van der Waals surface area contributed by atoms with Crippen LogP contribution in [0.3, 0.4) is 0 Å². The molecule has 0 amide bonds. The lowest BCUT2D eigenvalue weighted by molar-refractivity contribution is 0.0663. The molecular formula is C28H23FO5. The van der Waals surface area contributed by atoms with Crippen molar-refractivity contribution in [3.63, 3.8) is 0 Å². The molecule has 172 valence electrons. The first-order valence-electron chi connectivity index (χ1n) is 11.0. The maximum Gasteiger partial charge on any atom is 0.371 e. The van der Waals surface area contributed by atoms with E-state index in [0.29, 0.717) is 17.6 Å². The topological polar surface area (TPSA) is 76.7 Å². The molecule has 1 N–H and O–H groups in total. The van der Waals surface area contributed by atoms with Crippen LogP contribution in [0.4, 0.5) is 4.39 Å². The van der Waals surface area contributed by atoms with Gasteiger partial charge >= 0.3 is 5.97 Å². The second kappa shape index (κ2) is 10.6. The zero-order chi connectivity index (χ0) is 23.9. The first kappa shape index (κ1) is 23.0. The van der Waals surface area contributed by atoms with Crippen molar-refractivity contribution in [2.75, 3.05) is 6.61 Å². The van der Waals surface area contributed by atoms with Gasteiger partial charge in [0.05, 0.1) is 12.0 Å². The van der Waals surface area contributed by atoms with Gasteiger partial charge in [0.2, 0.25) is 5.76 Å². The number of fused-ring (bicyclic) bond motifs is 1. The average molecular weight is 458 g/mol. The summed E-state index contributed by atoms with van der Waals surface area (Å²) in [6.07, 6.45) is 6.37. The summed E-state index contributed by atoms with van der Waals surface area (Å²) in [4.78, 5) is 23.4. The molecule has 0 radical (unpaired) electrons. The predicted molar refractivity (Wildman–Crippen MR) is 130 cm³/mol. The van der Waals surface area contributed by atoms with Crippen LogP contribution < -0.4 is 10.2 Å². The van der Waals surface area contributed by atoms with Crippen LogP contribution >= 0.6 is 0 Å². The highest BCUT2D eigenvalue weighted by Gasteiger charge is 2.12. The van der Waals surface area contributed by atoms with E-state index < -0.39 is 17.2 Å². The third-order valence-electron chi connectivity index (χ3n) is 5.37. The number of halogens is 1. The van der Waals surface area contributed by atoms with Gasteiger partial charge in [0, 0.05) is 11.6 Å². The Kier molecular flexibility index (Phi) is 7.18. The Morgan fingerprint density at radius 3 is 2.47 bits per heavy atom. The standard InChI is InChI=1S/C28H23FO5/c29-22-13-8-19(9-14-22)4-1-2-17-33-23-15-10-20(11-16-23)7-12-21-5-3-6-24-25(30)18-26(28(31)32)34-27(21)24/h3,5-16,18H,1-2,4,17H2,(H,31,32)/b12-7+. The van der Waals surface area contributed by atoms with Gasteiger partial charge in [0.1, 0.15) is 17.1 Å². The SMILES string of the molecule is O=C(O)c1cc(=O)c2cccc(/C=C/c3ccc(OCCCCc4ccc(F)cc4)cc3)c2o1. The van der Waals surface area contributed by atoms with E-state index in [9.17, 15) is 19.1 Å². The Morgan fingerprint density at radius 1 is 0.971 bits per heavy atom. The van der Waals surface area contributed by atoms with Gasteiger partial charge in [0.25, 0.3) is 0 Å². The van der Waals surface area contributed by atoms with E-state index in [1.807, 2.05) is 30.3 Å². The maximum absolute atomic E-state index is 12.9. The number of benzene rings is 3. The number of rotatable bonds is 9. The zero-order valence-corrected chi connectivity index (χ0v) is 18.4. The molecule has 0 spiro atoms. The number of aromatic carboxylic acids is 1. The molecule has 5 nitrogen and oxygen atoms in total. The van der Waals surface area contributed by atoms with Crippen LogP contribution in [0.2, 0.25) is 0 Å². The number of para-hydroxylation sites is 1. The average Bonchev–Trinajstić information content (AvgIpc) is 2.84. The van der Waals surface area contributed by atoms with E-state index in [4.69, 9.17) is 9.15 Å². The van der Waals surface area contributed by atoms with Crippen molar-refractivity contribution in [3.05, 3.63) is 111 Å². The third-order valence-corrected chi connectivity index (χ3v) is 5.37. The van der Waals surface area contributed by atoms with E-state index in [-0.39, 0.29) is 11.4 Å². The van der Waals surface area contributed by atoms with Crippen molar-refractivity contribution >= 4 is 29.1 Å². The number of unbranched alkanes of at least 4 members (excludes halogenated alkanes) is 1. The predicted octanol–water partition coefficient (Wildman–Crippen LogP) is 6.20. The molecule has 0 saturated carbocycles. The fraction of sp³-hybridized carbons (Fsp3) is 0.143. The lowest BCUT2D eigenvalue weighted by Gasteiger charge is -2.07. The second-order valence-corrected chi connectivity index (χ2v) is 7.84. The van der Waals surface area contributed by atoms with Crippen molar-refractivity contribution in [2.24, 2.45) is 0 Å². The smallest absolute Gasteiger partial charge is 0.371 e. The molecule has 4 rings (SSSR count). The van der Waals surface area contributed by atoms with Crippen LogP contribution in [-0.4, -0.2) is 17.7 Å². The van der Waals surface area contributed by atoms with Gasteiger partial charge in [0.15, 0.2) is 5.43 Å². The maximum atomic E-state index is 12.9. The molecule has 0 fully saturated rings. The molecule has 34 heavy (non-hydrogen) atoms. The van der Waals surface area contributed by atoms with Gasteiger partial charge < -0.3 is 14.3 Å². The summed E-state index contributed by atoms with van der Waals surface area (Å²) in [5.74, 6) is -1.14. The molecule has 0 atom stereocenters. The minimum Gasteiger partial charge on any atom is -0.494 e. The summed E-state index contributed by atoms with van der Waals surface area (Å²) < 4.78 is 24.2. The van der Waals surface area contributed by atoms with Crippen molar-refractivity contribution in [1.82, 2.24) is 0 Å². The Bertz CT molecular complexity index is 1370. The third kappa shape index (κ3) is 5.78. The van der Waals surface area contributed by atoms with Crippen molar-refractivity contribution in [3.8, 4) is 5.75 Å². The molecule has 1 aromatic heterocycles. The van der Waals surface area contributed by atoms with Crippen LogP contribution in [0.5, 0.6) is 5.75 Å². The summed E-state index contributed by atoms with van der Waals surface area (Å²) in [5, 5.41) is 9.50. The van der Waals surface area contributed by atoms with Crippen LogP contribution in [-0.2, 0) is 6.42 Å². The normalized spacial score (nSPS) is 11.2. The molecule has 0 aliphatic heterocycles. The molecule has 0 bridgehead atoms. The van der Waals surface area contributed by atoms with Gasteiger partial charge in [-0.2, -0.15) is 0 Å². The summed E-state index contributed by atoms with van der Waals surface area (Å²) in [6.45, 7) is 0.595. The quantitative estimate of drug-likeness (QED) is 0.239. The molecule has 3 aromatic carbocycles. The Balaban J connectivity index is 1.35. The summed E-state index contributed by atoms with van der Waals surface area (Å²) in [7, 11) is 0. The molecule has 1 heterocycles. The van der Waals surface area contributed by atoms with Gasteiger partial charge in [-0.1, -0.05) is 48.6 Å². The number of hydrogen-bond donors (Lipinski definition) is 1. The molecule has 0 aliphatic carbocycles. The van der Waals surface area contributed by atoms with E-state index in [1.165, 1.54) is 12.1 Å². The van der Waals surface area contributed by atoms with Gasteiger partial charge in [-0.3, -0.25) is 4.79 Å². The number of aryl methyl sites for hydroxylation is 1. The van der Waals surface area contributed by atoms with Gasteiger partial charge in [-0.15, -0.1) is 0 Å². The second-order valence-electron chi connectivity index (χ2n) is 7.84. The Labute approximate surface area is 195 Å². The highest BCUT2D eigenvalue weighted by molar-refractivity contribution is 5.91. The minimum absolute atomic E-state index is 0.221. The molecular weight excluding hydrogens is 435 g/mol. The van der Waals surface area contributed by atoms with E-state index in [1.54, 1.807) is 36.4 Å². The fourth-order valence-corrected chi connectivity index (χ4v) is 3.57. The highest BCUT2D eigenvalue weighted by Crippen LogP contribution is 2.21. The number of carboxylic acid groups (broad SMARTS) is 1. The number of carboxylic acids is 1. The highest BCUT2D eigenvalue weighted by atomic mass is 19.1. The lowest BCUT2D eigenvalue weighted by Crippen LogP contribution is -2.06. The van der Waals surface area contributed by atoms with E-state index in [2.05, 4.69) is 0 Å². The molecule has 0 saturated heterocycles. The number of carbonyl (C=O) groups is 1.